The number of aliphatic hydroxyl groups excluding tert-OH is 1. The van der Waals surface area contributed by atoms with Crippen molar-refractivity contribution in [3.05, 3.63) is 0 Å². The minimum Gasteiger partial charge on any atom is -0.462 e. The number of rotatable bonds is 4. The van der Waals surface area contributed by atoms with E-state index in [9.17, 15) is 4.79 Å². The Labute approximate surface area is 65.8 Å². The Balaban J connectivity index is 3.37. The second-order valence-corrected chi connectivity index (χ2v) is 2.29. The zero-order valence-corrected chi connectivity index (χ0v) is 6.80. The summed E-state index contributed by atoms with van der Waals surface area (Å²) in [6, 6.07) is 0. The van der Waals surface area contributed by atoms with Crippen LogP contribution in [0.3, 0.4) is 0 Å². The van der Waals surface area contributed by atoms with E-state index in [-0.39, 0.29) is 24.4 Å². The molecular weight excluding hydrogens is 152 g/mol. The third kappa shape index (κ3) is 4.64. The maximum atomic E-state index is 10.5. The summed E-state index contributed by atoms with van der Waals surface area (Å²) in [4.78, 5) is 10.5. The molecule has 0 saturated heterocycles. The van der Waals surface area contributed by atoms with Crippen LogP contribution in [0, 0.1) is 0 Å². The Bertz CT molecular complexity index is 105. The highest BCUT2D eigenvalue weighted by atomic mass is 32.1. The highest BCUT2D eigenvalue weighted by molar-refractivity contribution is 7.81. The van der Waals surface area contributed by atoms with Crippen molar-refractivity contribution < 1.29 is 14.6 Å². The molecule has 0 saturated carbocycles. The van der Waals surface area contributed by atoms with Gasteiger partial charge in [-0.25, -0.2) is 0 Å². The predicted octanol–water partition coefficient (Wildman–Crippen LogP) is 0.230. The fourth-order valence-corrected chi connectivity index (χ4v) is 0.577. The van der Waals surface area contributed by atoms with Crippen LogP contribution in [0.5, 0.6) is 0 Å². The van der Waals surface area contributed by atoms with Crippen LogP contribution in [0.25, 0.3) is 0 Å². The van der Waals surface area contributed by atoms with Gasteiger partial charge in [-0.2, -0.15) is 12.6 Å². The molecule has 0 aliphatic heterocycles. The first-order valence-corrected chi connectivity index (χ1v) is 3.75. The molecule has 0 fully saturated rings. The molecule has 4 heteroatoms. The first-order chi connectivity index (χ1) is 4.70. The Kier molecular flexibility index (Phi) is 5.43. The summed E-state index contributed by atoms with van der Waals surface area (Å²) in [5.41, 5.74) is 0. The zero-order chi connectivity index (χ0) is 7.98. The van der Waals surface area contributed by atoms with E-state index in [1.54, 1.807) is 6.92 Å². The molecule has 1 N–H and O–H groups in total. The summed E-state index contributed by atoms with van der Waals surface area (Å²) in [6.07, 6.45) is 0.282. The van der Waals surface area contributed by atoms with E-state index in [0.29, 0.717) is 6.42 Å². The molecule has 10 heavy (non-hydrogen) atoms. The van der Waals surface area contributed by atoms with Gasteiger partial charge in [0.2, 0.25) is 0 Å². The van der Waals surface area contributed by atoms with Gasteiger partial charge in [-0.15, -0.1) is 0 Å². The molecular formula is C6H12O3S. The molecule has 0 heterocycles. The van der Waals surface area contributed by atoms with Gasteiger partial charge in [0.15, 0.2) is 0 Å². The van der Waals surface area contributed by atoms with Gasteiger partial charge in [0.25, 0.3) is 0 Å². The van der Waals surface area contributed by atoms with E-state index in [2.05, 4.69) is 12.6 Å². The lowest BCUT2D eigenvalue weighted by Gasteiger charge is -2.09. The average molecular weight is 164 g/mol. The molecule has 0 bridgehead atoms. The second kappa shape index (κ2) is 5.56. The van der Waals surface area contributed by atoms with Crippen LogP contribution in [0.1, 0.15) is 13.3 Å². The number of ether oxygens (including phenoxy) is 1. The Morgan fingerprint density at radius 2 is 2.40 bits per heavy atom. The molecule has 0 aliphatic rings. The first kappa shape index (κ1) is 9.78. The SMILES string of the molecule is CC(CCO)OC(=O)CS. The quantitative estimate of drug-likeness (QED) is 0.462. The zero-order valence-electron chi connectivity index (χ0n) is 5.91. The van der Waals surface area contributed by atoms with Crippen LogP contribution in [0.4, 0.5) is 0 Å². The Morgan fingerprint density at radius 3 is 2.80 bits per heavy atom. The molecule has 0 aliphatic carbocycles. The summed E-state index contributed by atoms with van der Waals surface area (Å²) in [5.74, 6) is -0.250. The fraction of sp³-hybridized carbons (Fsp3) is 0.833. The van der Waals surface area contributed by atoms with E-state index in [1.807, 2.05) is 0 Å². The number of carbonyl (C=O) groups excluding carboxylic acids is 1. The highest BCUT2D eigenvalue weighted by Crippen LogP contribution is 1.96. The average Bonchev–Trinajstić information content (AvgIpc) is 1.88. The monoisotopic (exact) mass is 164 g/mol. The maximum Gasteiger partial charge on any atom is 0.315 e. The largest absolute Gasteiger partial charge is 0.462 e. The Morgan fingerprint density at radius 1 is 1.80 bits per heavy atom. The molecule has 3 nitrogen and oxygen atoms in total. The molecule has 60 valence electrons. The molecule has 0 aromatic carbocycles. The van der Waals surface area contributed by atoms with Crippen molar-refractivity contribution in [2.24, 2.45) is 0 Å². The van der Waals surface area contributed by atoms with Crippen molar-refractivity contribution in [2.75, 3.05) is 12.4 Å². The van der Waals surface area contributed by atoms with Crippen LogP contribution < -0.4 is 0 Å². The third-order valence-corrected chi connectivity index (χ3v) is 1.26. The van der Waals surface area contributed by atoms with Crippen molar-refractivity contribution in [2.45, 2.75) is 19.4 Å². The van der Waals surface area contributed by atoms with E-state index in [1.165, 1.54) is 0 Å². The van der Waals surface area contributed by atoms with Crippen molar-refractivity contribution in [1.29, 1.82) is 0 Å². The minimum atomic E-state index is -0.343. The number of hydrogen-bond acceptors (Lipinski definition) is 4. The number of hydrogen-bond donors (Lipinski definition) is 2. The van der Waals surface area contributed by atoms with Gasteiger partial charge in [0.1, 0.15) is 6.10 Å². The van der Waals surface area contributed by atoms with Gasteiger partial charge in [-0.05, 0) is 6.92 Å². The minimum absolute atomic E-state index is 0.0427. The lowest BCUT2D eigenvalue weighted by molar-refractivity contribution is -0.145. The molecule has 1 atom stereocenters. The molecule has 0 rings (SSSR count). The molecule has 0 spiro atoms. The normalized spacial score (nSPS) is 12.7. The van der Waals surface area contributed by atoms with E-state index >= 15 is 0 Å². The van der Waals surface area contributed by atoms with Crippen LogP contribution in [-0.4, -0.2) is 29.5 Å². The van der Waals surface area contributed by atoms with Crippen molar-refractivity contribution in [3.63, 3.8) is 0 Å². The predicted molar refractivity (Wildman–Crippen MR) is 41.1 cm³/mol. The summed E-state index contributed by atoms with van der Waals surface area (Å²) >= 11 is 3.72. The maximum absolute atomic E-state index is 10.5. The summed E-state index contributed by atoms with van der Waals surface area (Å²) < 4.78 is 4.76. The van der Waals surface area contributed by atoms with Crippen LogP contribution in [0.15, 0.2) is 0 Å². The smallest absolute Gasteiger partial charge is 0.315 e. The fourth-order valence-electron chi connectivity index (χ4n) is 0.502. The number of carbonyl (C=O) groups is 1. The summed E-state index contributed by atoms with van der Waals surface area (Å²) in [6.45, 7) is 1.78. The second-order valence-electron chi connectivity index (χ2n) is 1.97. The van der Waals surface area contributed by atoms with Gasteiger partial charge in [0.05, 0.1) is 5.75 Å². The van der Waals surface area contributed by atoms with Gasteiger partial charge in [-0.1, -0.05) is 0 Å². The van der Waals surface area contributed by atoms with Crippen LogP contribution >= 0.6 is 12.6 Å². The lowest BCUT2D eigenvalue weighted by Crippen LogP contribution is -2.16. The van der Waals surface area contributed by atoms with Crippen LogP contribution in [-0.2, 0) is 9.53 Å². The van der Waals surface area contributed by atoms with Gasteiger partial charge in [0, 0.05) is 13.0 Å². The highest BCUT2D eigenvalue weighted by Gasteiger charge is 2.05. The summed E-state index contributed by atoms with van der Waals surface area (Å²) in [7, 11) is 0. The van der Waals surface area contributed by atoms with E-state index in [0.717, 1.165) is 0 Å². The molecule has 1 unspecified atom stereocenters. The van der Waals surface area contributed by atoms with Gasteiger partial charge >= 0.3 is 5.97 Å². The van der Waals surface area contributed by atoms with Crippen molar-refractivity contribution in [1.82, 2.24) is 0 Å². The standard InChI is InChI=1S/C6H12O3S/c1-5(2-3-7)9-6(8)4-10/h5,7,10H,2-4H2,1H3. The third-order valence-electron chi connectivity index (χ3n) is 0.997. The molecule has 0 amide bonds. The molecule has 0 radical (unpaired) electrons. The van der Waals surface area contributed by atoms with Crippen molar-refractivity contribution >= 4 is 18.6 Å². The van der Waals surface area contributed by atoms with E-state index in [4.69, 9.17) is 9.84 Å². The first-order valence-electron chi connectivity index (χ1n) is 3.12. The van der Waals surface area contributed by atoms with Crippen molar-refractivity contribution in [3.8, 4) is 0 Å². The van der Waals surface area contributed by atoms with E-state index < -0.39 is 0 Å². The van der Waals surface area contributed by atoms with Gasteiger partial charge in [-0.3, -0.25) is 4.79 Å². The number of aliphatic hydroxyl groups is 1. The Hall–Kier alpha value is -0.220. The molecule has 0 aromatic rings. The summed E-state index contributed by atoms with van der Waals surface area (Å²) in [5, 5.41) is 8.41. The number of esters is 1. The van der Waals surface area contributed by atoms with Crippen LogP contribution in [0.2, 0.25) is 0 Å². The number of thiol groups is 1. The van der Waals surface area contributed by atoms with Gasteiger partial charge < -0.3 is 9.84 Å². The lowest BCUT2D eigenvalue weighted by atomic mass is 10.3. The molecule has 0 aromatic heterocycles. The topological polar surface area (TPSA) is 46.5 Å².